The summed E-state index contributed by atoms with van der Waals surface area (Å²) in [5, 5.41) is 21.2. The standard InChI is InChI=1S/C30H41N3O9/c1-4-14-30(3,29(35)36)42-27-11-7-6-10-24(27)32-18-16-31(17-19-32)15-8-9-20-40-23-12-13-26(25(21-23)33(37)38)41-22-28(34)39-5-2/h6-7,10-13,21H,4-5,8-9,14-20,22H2,1-3H3,(H,35,36). The molecule has 1 unspecified atom stereocenters. The molecule has 1 N–H and O–H groups in total. The van der Waals surface area contributed by atoms with Gasteiger partial charge in [0.05, 0.1) is 29.9 Å². The summed E-state index contributed by atoms with van der Waals surface area (Å²) >= 11 is 0. The first-order valence-electron chi connectivity index (χ1n) is 14.3. The van der Waals surface area contributed by atoms with Gasteiger partial charge in [0.2, 0.25) is 5.60 Å². The number of carboxylic acid groups (broad SMARTS) is 1. The number of anilines is 1. The zero-order chi connectivity index (χ0) is 30.5. The molecule has 0 amide bonds. The Balaban J connectivity index is 1.43. The summed E-state index contributed by atoms with van der Waals surface area (Å²) in [6.07, 6.45) is 2.80. The van der Waals surface area contributed by atoms with Crippen LogP contribution in [0.25, 0.3) is 0 Å². The van der Waals surface area contributed by atoms with Crippen LogP contribution in [0.1, 0.15) is 46.5 Å². The van der Waals surface area contributed by atoms with Gasteiger partial charge in [-0.05, 0) is 63.9 Å². The van der Waals surface area contributed by atoms with Crippen LogP contribution in [0.4, 0.5) is 11.4 Å². The molecule has 42 heavy (non-hydrogen) atoms. The van der Waals surface area contributed by atoms with Gasteiger partial charge in [0.25, 0.3) is 0 Å². The molecule has 0 aliphatic carbocycles. The summed E-state index contributed by atoms with van der Waals surface area (Å²) in [6, 6.07) is 11.9. The van der Waals surface area contributed by atoms with E-state index in [1.54, 1.807) is 19.9 Å². The van der Waals surface area contributed by atoms with Crippen LogP contribution in [0.15, 0.2) is 42.5 Å². The second kappa shape index (κ2) is 15.8. The van der Waals surface area contributed by atoms with Crippen molar-refractivity contribution in [1.82, 2.24) is 4.90 Å². The number of esters is 1. The molecule has 1 aliphatic heterocycles. The largest absolute Gasteiger partial charge is 0.493 e. The number of aliphatic carboxylic acids is 1. The molecule has 2 aromatic carbocycles. The van der Waals surface area contributed by atoms with Gasteiger partial charge in [-0.2, -0.15) is 0 Å². The number of nitrogens with zero attached hydrogens (tertiary/aromatic N) is 3. The Kier molecular flexibility index (Phi) is 12.2. The Bertz CT molecular complexity index is 1200. The number of hydrogen-bond acceptors (Lipinski definition) is 10. The Labute approximate surface area is 246 Å². The highest BCUT2D eigenvalue weighted by molar-refractivity contribution is 5.78. The van der Waals surface area contributed by atoms with Crippen molar-refractivity contribution in [3.8, 4) is 17.2 Å². The van der Waals surface area contributed by atoms with Gasteiger partial charge in [-0.15, -0.1) is 0 Å². The van der Waals surface area contributed by atoms with Crippen LogP contribution < -0.4 is 19.1 Å². The SMILES string of the molecule is CCCC(C)(Oc1ccccc1N1CCN(CCCCOc2ccc(OCC(=O)OCC)c([N+](=O)[O-])c2)CC1)C(=O)O. The third-order valence-corrected chi connectivity index (χ3v) is 7.01. The van der Waals surface area contributed by atoms with Gasteiger partial charge in [0.1, 0.15) is 11.5 Å². The maximum absolute atomic E-state index is 11.9. The van der Waals surface area contributed by atoms with Crippen LogP contribution >= 0.6 is 0 Å². The summed E-state index contributed by atoms with van der Waals surface area (Å²) in [4.78, 5) is 38.9. The van der Waals surface area contributed by atoms with Crippen molar-refractivity contribution >= 4 is 23.3 Å². The minimum atomic E-state index is -1.28. The number of unbranched alkanes of at least 4 members (excludes halogenated alkanes) is 1. The van der Waals surface area contributed by atoms with E-state index in [0.717, 1.165) is 51.3 Å². The summed E-state index contributed by atoms with van der Waals surface area (Å²) in [5.41, 5.74) is -0.653. The molecule has 0 aromatic heterocycles. The Hall–Kier alpha value is -4.06. The van der Waals surface area contributed by atoms with E-state index in [1.807, 2.05) is 31.2 Å². The number of ether oxygens (including phenoxy) is 4. The van der Waals surface area contributed by atoms with E-state index >= 15 is 0 Å². The normalized spacial score (nSPS) is 15.0. The lowest BCUT2D eigenvalue weighted by Crippen LogP contribution is -2.47. The van der Waals surface area contributed by atoms with Gasteiger partial charge in [-0.25, -0.2) is 9.59 Å². The second-order valence-electron chi connectivity index (χ2n) is 10.2. The minimum absolute atomic E-state index is 0.0226. The smallest absolute Gasteiger partial charge is 0.347 e. The summed E-state index contributed by atoms with van der Waals surface area (Å²) in [6.45, 7) is 9.63. The molecule has 1 aliphatic rings. The lowest BCUT2D eigenvalue weighted by Gasteiger charge is -2.37. The van der Waals surface area contributed by atoms with Crippen LogP contribution in [0.3, 0.4) is 0 Å². The molecule has 3 rings (SSSR count). The highest BCUT2D eigenvalue weighted by Gasteiger charge is 2.35. The first-order chi connectivity index (χ1) is 20.2. The number of hydrogen-bond donors (Lipinski definition) is 1. The zero-order valence-electron chi connectivity index (χ0n) is 24.6. The van der Waals surface area contributed by atoms with Crippen LogP contribution in [0.5, 0.6) is 17.2 Å². The molecule has 0 radical (unpaired) electrons. The number of carbonyl (C=O) groups excluding carboxylic acids is 1. The molecule has 2 aromatic rings. The molecule has 12 nitrogen and oxygen atoms in total. The van der Waals surface area contributed by atoms with Crippen LogP contribution in [0.2, 0.25) is 0 Å². The Morgan fingerprint density at radius 3 is 2.43 bits per heavy atom. The molecule has 1 fully saturated rings. The zero-order valence-corrected chi connectivity index (χ0v) is 24.6. The van der Waals surface area contributed by atoms with Crippen molar-refractivity contribution in [3.05, 3.63) is 52.6 Å². The minimum Gasteiger partial charge on any atom is -0.493 e. The molecule has 1 saturated heterocycles. The third kappa shape index (κ3) is 9.23. The van der Waals surface area contributed by atoms with Crippen molar-refractivity contribution in [2.45, 2.75) is 52.1 Å². The maximum atomic E-state index is 11.9. The van der Waals surface area contributed by atoms with Gasteiger partial charge < -0.3 is 29.0 Å². The van der Waals surface area contributed by atoms with Crippen molar-refractivity contribution in [2.75, 3.05) is 57.4 Å². The van der Waals surface area contributed by atoms with Gasteiger partial charge in [0, 0.05) is 26.2 Å². The summed E-state index contributed by atoms with van der Waals surface area (Å²) < 4.78 is 21.8. The monoisotopic (exact) mass is 587 g/mol. The number of nitro groups is 1. The Morgan fingerprint density at radius 2 is 1.76 bits per heavy atom. The lowest BCUT2D eigenvalue weighted by atomic mass is 10.0. The first-order valence-corrected chi connectivity index (χ1v) is 14.3. The molecular formula is C30H41N3O9. The highest BCUT2D eigenvalue weighted by atomic mass is 16.6. The molecule has 0 spiro atoms. The fourth-order valence-electron chi connectivity index (χ4n) is 4.76. The number of benzene rings is 2. The average Bonchev–Trinajstić information content (AvgIpc) is 2.97. The number of nitro benzene ring substituents is 1. The predicted octanol–water partition coefficient (Wildman–Crippen LogP) is 4.54. The van der Waals surface area contributed by atoms with Crippen LogP contribution in [-0.2, 0) is 14.3 Å². The topological polar surface area (TPSA) is 141 Å². The van der Waals surface area contributed by atoms with Gasteiger partial charge in [-0.1, -0.05) is 25.5 Å². The quantitative estimate of drug-likeness (QED) is 0.121. The molecule has 230 valence electrons. The second-order valence-corrected chi connectivity index (χ2v) is 10.2. The number of carboxylic acids is 1. The van der Waals surface area contributed by atoms with E-state index < -0.39 is 29.1 Å². The molecular weight excluding hydrogens is 546 g/mol. The first kappa shape index (κ1) is 32.5. The summed E-state index contributed by atoms with van der Waals surface area (Å²) in [5.74, 6) is -0.648. The molecule has 12 heteroatoms. The van der Waals surface area contributed by atoms with Crippen LogP contribution in [0, 0.1) is 10.1 Å². The fourth-order valence-corrected chi connectivity index (χ4v) is 4.76. The van der Waals surface area contributed by atoms with Gasteiger partial charge >= 0.3 is 17.6 Å². The van der Waals surface area contributed by atoms with Gasteiger partial charge in [0.15, 0.2) is 12.4 Å². The van der Waals surface area contributed by atoms with Crippen molar-refractivity contribution in [1.29, 1.82) is 0 Å². The average molecular weight is 588 g/mol. The lowest BCUT2D eigenvalue weighted by molar-refractivity contribution is -0.385. The number of carbonyl (C=O) groups is 2. The summed E-state index contributed by atoms with van der Waals surface area (Å²) in [7, 11) is 0. The van der Waals surface area contributed by atoms with E-state index in [-0.39, 0.29) is 18.0 Å². The highest BCUT2D eigenvalue weighted by Crippen LogP contribution is 2.34. The molecule has 0 saturated carbocycles. The third-order valence-electron chi connectivity index (χ3n) is 7.01. The van der Waals surface area contributed by atoms with Crippen molar-refractivity contribution in [2.24, 2.45) is 0 Å². The maximum Gasteiger partial charge on any atom is 0.347 e. The van der Waals surface area contributed by atoms with Crippen LogP contribution in [-0.4, -0.2) is 85.0 Å². The van der Waals surface area contributed by atoms with Gasteiger partial charge in [-0.3, -0.25) is 15.0 Å². The van der Waals surface area contributed by atoms with E-state index in [4.69, 9.17) is 18.9 Å². The molecule has 1 atom stereocenters. The van der Waals surface area contributed by atoms with Crippen molar-refractivity contribution in [3.63, 3.8) is 0 Å². The molecule has 1 heterocycles. The van der Waals surface area contributed by atoms with E-state index in [1.165, 1.54) is 12.1 Å². The predicted molar refractivity (Wildman–Crippen MR) is 157 cm³/mol. The van der Waals surface area contributed by atoms with E-state index in [0.29, 0.717) is 30.9 Å². The number of para-hydroxylation sites is 2. The van der Waals surface area contributed by atoms with E-state index in [9.17, 15) is 24.8 Å². The molecule has 0 bridgehead atoms. The number of rotatable bonds is 17. The Morgan fingerprint density at radius 1 is 1.02 bits per heavy atom. The van der Waals surface area contributed by atoms with E-state index in [2.05, 4.69) is 9.80 Å². The van der Waals surface area contributed by atoms with Crippen molar-refractivity contribution < 1.29 is 38.6 Å². The number of piperazine rings is 1. The fraction of sp³-hybridized carbons (Fsp3) is 0.533.